The first-order valence-electron chi connectivity index (χ1n) is 5.47. The lowest BCUT2D eigenvalue weighted by Crippen LogP contribution is -2.33. The van der Waals surface area contributed by atoms with Crippen LogP contribution in [0, 0.1) is 5.41 Å². The van der Waals surface area contributed by atoms with Gasteiger partial charge in [-0.3, -0.25) is 0 Å². The van der Waals surface area contributed by atoms with E-state index < -0.39 is 0 Å². The molecule has 0 radical (unpaired) electrons. The van der Waals surface area contributed by atoms with E-state index >= 15 is 0 Å². The molecule has 0 saturated heterocycles. The molecule has 0 aromatic heterocycles. The summed E-state index contributed by atoms with van der Waals surface area (Å²) in [4.78, 5) is 0. The molecule has 0 N–H and O–H groups in total. The molecule has 0 aliphatic heterocycles. The number of hydrogen-bond donors (Lipinski definition) is 0. The summed E-state index contributed by atoms with van der Waals surface area (Å²) in [6, 6.07) is 8.31. The van der Waals surface area contributed by atoms with Crippen molar-refractivity contribution in [3.05, 3.63) is 29.8 Å². The summed E-state index contributed by atoms with van der Waals surface area (Å²) in [6.45, 7) is 0. The van der Waals surface area contributed by atoms with Crippen LogP contribution in [0.15, 0.2) is 24.3 Å². The summed E-state index contributed by atoms with van der Waals surface area (Å²) < 4.78 is 5.22. The van der Waals surface area contributed by atoms with Crippen molar-refractivity contribution in [3.8, 4) is 5.75 Å². The molecule has 1 aliphatic rings. The highest BCUT2D eigenvalue weighted by Crippen LogP contribution is 2.44. The van der Waals surface area contributed by atoms with Gasteiger partial charge in [-0.25, -0.2) is 0 Å². The predicted octanol–water partition coefficient (Wildman–Crippen LogP) is 3.65. The maximum Gasteiger partial charge on any atom is 0.119 e. The molecule has 0 unspecified atom stereocenters. The average molecular weight is 225 g/mol. The lowest BCUT2D eigenvalue weighted by Gasteiger charge is -2.40. The van der Waals surface area contributed by atoms with Crippen molar-refractivity contribution < 1.29 is 4.74 Å². The van der Waals surface area contributed by atoms with Gasteiger partial charge in [-0.1, -0.05) is 18.6 Å². The molecule has 1 aliphatic carbocycles. The van der Waals surface area contributed by atoms with Crippen LogP contribution in [-0.4, -0.2) is 13.0 Å². The van der Waals surface area contributed by atoms with Gasteiger partial charge in [-0.05, 0) is 42.4 Å². The molecule has 0 amide bonds. The smallest absolute Gasteiger partial charge is 0.119 e. The van der Waals surface area contributed by atoms with Gasteiger partial charge in [0.1, 0.15) is 5.75 Å². The highest BCUT2D eigenvalue weighted by atomic mass is 35.5. The molecule has 1 aromatic carbocycles. The van der Waals surface area contributed by atoms with Crippen molar-refractivity contribution in [1.82, 2.24) is 0 Å². The first kappa shape index (κ1) is 10.8. The van der Waals surface area contributed by atoms with Gasteiger partial charge in [0.15, 0.2) is 0 Å². The van der Waals surface area contributed by atoms with Gasteiger partial charge in [-0.15, -0.1) is 11.6 Å². The van der Waals surface area contributed by atoms with Gasteiger partial charge in [0, 0.05) is 5.88 Å². The fraction of sp³-hybridized carbons (Fsp3) is 0.538. The Bertz CT molecular complexity index is 326. The minimum atomic E-state index is 0.369. The molecule has 1 fully saturated rings. The SMILES string of the molecule is COc1cccc(CC2(CCl)CCC2)c1. The molecule has 2 heteroatoms. The lowest BCUT2D eigenvalue weighted by atomic mass is 9.67. The van der Waals surface area contributed by atoms with Crippen LogP contribution >= 0.6 is 11.6 Å². The second kappa shape index (κ2) is 4.44. The first-order valence-corrected chi connectivity index (χ1v) is 6.00. The van der Waals surface area contributed by atoms with E-state index in [1.807, 2.05) is 6.07 Å². The van der Waals surface area contributed by atoms with E-state index in [9.17, 15) is 0 Å². The number of methoxy groups -OCH3 is 1. The molecule has 0 spiro atoms. The van der Waals surface area contributed by atoms with Crippen LogP contribution < -0.4 is 4.74 Å². The molecule has 15 heavy (non-hydrogen) atoms. The highest BCUT2D eigenvalue weighted by molar-refractivity contribution is 6.18. The van der Waals surface area contributed by atoms with Crippen molar-refractivity contribution in [1.29, 1.82) is 0 Å². The van der Waals surface area contributed by atoms with Crippen LogP contribution in [-0.2, 0) is 6.42 Å². The van der Waals surface area contributed by atoms with Crippen LogP contribution in [0.3, 0.4) is 0 Å². The molecule has 2 rings (SSSR count). The Morgan fingerprint density at radius 3 is 2.73 bits per heavy atom. The Hall–Kier alpha value is -0.690. The molecular weight excluding hydrogens is 208 g/mol. The van der Waals surface area contributed by atoms with E-state index in [1.165, 1.54) is 24.8 Å². The average Bonchev–Trinajstić information content (AvgIpc) is 2.24. The maximum absolute atomic E-state index is 6.05. The Kier molecular flexibility index (Phi) is 3.20. The third-order valence-corrected chi connectivity index (χ3v) is 3.98. The van der Waals surface area contributed by atoms with E-state index in [-0.39, 0.29) is 0 Å². The van der Waals surface area contributed by atoms with Gasteiger partial charge in [0.2, 0.25) is 0 Å². The number of hydrogen-bond acceptors (Lipinski definition) is 1. The standard InChI is InChI=1S/C13H17ClO/c1-15-12-5-2-4-11(8-12)9-13(10-14)6-3-7-13/h2,4-5,8H,3,6-7,9-10H2,1H3. The largest absolute Gasteiger partial charge is 0.497 e. The quantitative estimate of drug-likeness (QED) is 0.710. The highest BCUT2D eigenvalue weighted by Gasteiger charge is 2.35. The monoisotopic (exact) mass is 224 g/mol. The maximum atomic E-state index is 6.05. The van der Waals surface area contributed by atoms with Crippen molar-refractivity contribution >= 4 is 11.6 Å². The van der Waals surface area contributed by atoms with Gasteiger partial charge in [0.05, 0.1) is 7.11 Å². The third-order valence-electron chi connectivity index (χ3n) is 3.41. The molecule has 0 bridgehead atoms. The zero-order valence-corrected chi connectivity index (χ0v) is 9.89. The molecule has 0 atom stereocenters. The van der Waals surface area contributed by atoms with Crippen LogP contribution in [0.2, 0.25) is 0 Å². The van der Waals surface area contributed by atoms with Gasteiger partial charge >= 0.3 is 0 Å². The number of benzene rings is 1. The topological polar surface area (TPSA) is 9.23 Å². The Labute approximate surface area is 96.4 Å². The van der Waals surface area contributed by atoms with Gasteiger partial charge in [0.25, 0.3) is 0 Å². The van der Waals surface area contributed by atoms with E-state index in [1.54, 1.807) is 7.11 Å². The zero-order chi connectivity index (χ0) is 10.7. The number of rotatable bonds is 4. The van der Waals surface area contributed by atoms with E-state index in [0.29, 0.717) is 5.41 Å². The van der Waals surface area contributed by atoms with Crippen molar-refractivity contribution in [3.63, 3.8) is 0 Å². The Morgan fingerprint density at radius 1 is 1.40 bits per heavy atom. The normalized spacial score (nSPS) is 18.3. The van der Waals surface area contributed by atoms with Crippen molar-refractivity contribution in [2.75, 3.05) is 13.0 Å². The minimum absolute atomic E-state index is 0.369. The van der Waals surface area contributed by atoms with Crippen LogP contribution in [0.1, 0.15) is 24.8 Å². The zero-order valence-electron chi connectivity index (χ0n) is 9.13. The minimum Gasteiger partial charge on any atom is -0.497 e. The van der Waals surface area contributed by atoms with Crippen LogP contribution in [0.25, 0.3) is 0 Å². The summed E-state index contributed by atoms with van der Waals surface area (Å²) >= 11 is 6.05. The first-order chi connectivity index (χ1) is 7.28. The van der Waals surface area contributed by atoms with E-state index in [2.05, 4.69) is 18.2 Å². The van der Waals surface area contributed by atoms with E-state index in [4.69, 9.17) is 16.3 Å². The number of ether oxygens (including phenoxy) is 1. The fourth-order valence-corrected chi connectivity index (χ4v) is 2.61. The van der Waals surface area contributed by atoms with Gasteiger partial charge in [-0.2, -0.15) is 0 Å². The van der Waals surface area contributed by atoms with Crippen LogP contribution in [0.5, 0.6) is 5.75 Å². The molecular formula is C13H17ClO. The summed E-state index contributed by atoms with van der Waals surface area (Å²) in [5.41, 5.74) is 1.71. The predicted molar refractivity (Wildman–Crippen MR) is 63.7 cm³/mol. The van der Waals surface area contributed by atoms with Gasteiger partial charge < -0.3 is 4.74 Å². The second-order valence-electron chi connectivity index (χ2n) is 4.52. The van der Waals surface area contributed by atoms with Crippen molar-refractivity contribution in [2.24, 2.45) is 5.41 Å². The van der Waals surface area contributed by atoms with Crippen molar-refractivity contribution in [2.45, 2.75) is 25.7 Å². The summed E-state index contributed by atoms with van der Waals surface area (Å²) in [5.74, 6) is 1.72. The number of alkyl halides is 1. The molecule has 1 saturated carbocycles. The summed E-state index contributed by atoms with van der Waals surface area (Å²) in [7, 11) is 1.71. The lowest BCUT2D eigenvalue weighted by molar-refractivity contribution is 0.166. The molecule has 1 nitrogen and oxygen atoms in total. The summed E-state index contributed by atoms with van der Waals surface area (Å²) in [6.07, 6.45) is 4.96. The van der Waals surface area contributed by atoms with E-state index in [0.717, 1.165) is 18.1 Å². The molecule has 82 valence electrons. The number of halogens is 1. The molecule has 0 heterocycles. The van der Waals surface area contributed by atoms with Crippen LogP contribution in [0.4, 0.5) is 0 Å². The molecule has 1 aromatic rings. The Balaban J connectivity index is 2.09. The Morgan fingerprint density at radius 2 is 2.20 bits per heavy atom. The summed E-state index contributed by atoms with van der Waals surface area (Å²) in [5, 5.41) is 0. The third kappa shape index (κ3) is 2.28. The fourth-order valence-electron chi connectivity index (χ4n) is 2.25. The second-order valence-corrected chi connectivity index (χ2v) is 4.78.